The average molecular weight is 426 g/mol. The van der Waals surface area contributed by atoms with Crippen molar-refractivity contribution in [1.82, 2.24) is 5.32 Å². The molecule has 0 aliphatic carbocycles. The van der Waals surface area contributed by atoms with Gasteiger partial charge in [0.15, 0.2) is 0 Å². The van der Waals surface area contributed by atoms with E-state index >= 15 is 0 Å². The van der Waals surface area contributed by atoms with Gasteiger partial charge in [0.05, 0.1) is 20.6 Å². The van der Waals surface area contributed by atoms with Crippen molar-refractivity contribution in [2.75, 3.05) is 5.32 Å². The quantitative estimate of drug-likeness (QED) is 0.598. The number of hydrogen-bond acceptors (Lipinski definition) is 3. The van der Waals surface area contributed by atoms with E-state index in [9.17, 15) is 18.4 Å². The number of hydrogen-bond donors (Lipinski definition) is 2. The van der Waals surface area contributed by atoms with E-state index in [1.54, 1.807) is 6.07 Å². The van der Waals surface area contributed by atoms with Gasteiger partial charge in [0.2, 0.25) is 0 Å². The second-order valence-electron chi connectivity index (χ2n) is 4.53. The number of amides is 3. The maximum atomic E-state index is 12.3. The number of anilines is 1. The maximum Gasteiger partial charge on any atom is 0.326 e. The molecule has 0 saturated carbocycles. The van der Waals surface area contributed by atoms with Crippen LogP contribution in [0.25, 0.3) is 0 Å². The summed E-state index contributed by atoms with van der Waals surface area (Å²) < 4.78 is 24.7. The van der Waals surface area contributed by atoms with Crippen LogP contribution in [-0.4, -0.2) is 17.7 Å². The Kier molecular flexibility index (Phi) is 6.89. The fourth-order valence-corrected chi connectivity index (χ4v) is 3.21. The molecule has 2 rings (SSSR count). The van der Waals surface area contributed by atoms with Gasteiger partial charge in [0.25, 0.3) is 11.7 Å². The van der Waals surface area contributed by atoms with Gasteiger partial charge in [-0.25, -0.2) is 4.79 Å². The number of alkyl halides is 2. The zero-order valence-electron chi connectivity index (χ0n) is 12.2. The Morgan fingerprint density at radius 1 is 1.00 bits per heavy atom. The van der Waals surface area contributed by atoms with Crippen molar-refractivity contribution in [3.05, 3.63) is 57.0 Å². The second-order valence-corrected chi connectivity index (χ2v) is 6.78. The van der Waals surface area contributed by atoms with Crippen molar-refractivity contribution < 1.29 is 18.4 Å². The molecule has 0 heterocycles. The minimum absolute atomic E-state index is 0.0392. The molecule has 0 bridgehead atoms. The van der Waals surface area contributed by atoms with Crippen molar-refractivity contribution >= 4 is 64.2 Å². The number of carbonyl (C=O) groups excluding carboxylic acids is 2. The molecule has 0 radical (unpaired) electrons. The third-order valence-electron chi connectivity index (χ3n) is 2.82. The van der Waals surface area contributed by atoms with Gasteiger partial charge in [0, 0.05) is 10.6 Å². The topological polar surface area (TPSA) is 58.2 Å². The van der Waals surface area contributed by atoms with E-state index in [-0.39, 0.29) is 43.0 Å². The number of urea groups is 1. The Balaban J connectivity index is 2.05. The molecule has 0 fully saturated rings. The first-order valence-electron chi connectivity index (χ1n) is 6.58. The number of nitrogens with one attached hydrogen (secondary N) is 2. The summed E-state index contributed by atoms with van der Waals surface area (Å²) in [4.78, 5) is 24.1. The number of imide groups is 1. The minimum Gasteiger partial charge on any atom is -0.308 e. The molecule has 2 aromatic carbocycles. The van der Waals surface area contributed by atoms with Crippen LogP contribution in [0.5, 0.6) is 0 Å². The Morgan fingerprint density at radius 2 is 1.64 bits per heavy atom. The van der Waals surface area contributed by atoms with Crippen LogP contribution in [0.2, 0.25) is 15.1 Å². The summed E-state index contributed by atoms with van der Waals surface area (Å²) >= 11 is 17.9. The van der Waals surface area contributed by atoms with E-state index in [4.69, 9.17) is 34.8 Å². The lowest BCUT2D eigenvalue weighted by Crippen LogP contribution is -2.34. The number of carbonyl (C=O) groups is 2. The van der Waals surface area contributed by atoms with Crippen molar-refractivity contribution in [1.29, 1.82) is 0 Å². The van der Waals surface area contributed by atoms with Crippen LogP contribution in [0.4, 0.5) is 19.3 Å². The maximum absolute atomic E-state index is 12.3. The SMILES string of the molecule is O=C(NC(=O)c1c(Cl)cccc1Cl)Nc1ccc(SC(F)F)c(Cl)c1. The van der Waals surface area contributed by atoms with Gasteiger partial charge >= 0.3 is 6.03 Å². The summed E-state index contributed by atoms with van der Waals surface area (Å²) in [6.07, 6.45) is 0. The van der Waals surface area contributed by atoms with E-state index in [2.05, 4.69) is 10.6 Å². The lowest BCUT2D eigenvalue weighted by molar-refractivity contribution is 0.0967. The lowest BCUT2D eigenvalue weighted by Gasteiger charge is -2.10. The molecule has 10 heteroatoms. The molecule has 4 nitrogen and oxygen atoms in total. The van der Waals surface area contributed by atoms with Crippen LogP contribution in [0.15, 0.2) is 41.3 Å². The molecule has 25 heavy (non-hydrogen) atoms. The molecule has 132 valence electrons. The van der Waals surface area contributed by atoms with E-state index in [0.717, 1.165) is 0 Å². The zero-order valence-corrected chi connectivity index (χ0v) is 15.2. The first-order valence-corrected chi connectivity index (χ1v) is 8.60. The van der Waals surface area contributed by atoms with Crippen LogP contribution in [0.3, 0.4) is 0 Å². The molecule has 0 unspecified atom stereocenters. The number of benzene rings is 2. The van der Waals surface area contributed by atoms with Gasteiger partial charge in [0.1, 0.15) is 0 Å². The lowest BCUT2D eigenvalue weighted by atomic mass is 10.2. The molecule has 2 N–H and O–H groups in total. The molecular formula is C15H9Cl3F2N2O2S. The molecule has 0 saturated heterocycles. The predicted octanol–water partition coefficient (Wildman–Crippen LogP) is 5.92. The predicted molar refractivity (Wildman–Crippen MR) is 96.3 cm³/mol. The number of halogens is 5. The van der Waals surface area contributed by atoms with Gasteiger partial charge in [-0.2, -0.15) is 8.78 Å². The van der Waals surface area contributed by atoms with Crippen LogP contribution in [0.1, 0.15) is 10.4 Å². The van der Waals surface area contributed by atoms with E-state index < -0.39 is 17.7 Å². The Labute approximate surface area is 160 Å². The smallest absolute Gasteiger partial charge is 0.308 e. The average Bonchev–Trinajstić information content (AvgIpc) is 2.49. The Hall–Kier alpha value is -1.54. The van der Waals surface area contributed by atoms with Gasteiger partial charge < -0.3 is 5.32 Å². The first kappa shape index (κ1) is 19.8. The molecule has 2 aromatic rings. The highest BCUT2D eigenvalue weighted by molar-refractivity contribution is 7.99. The largest absolute Gasteiger partial charge is 0.326 e. The highest BCUT2D eigenvalue weighted by atomic mass is 35.5. The fourth-order valence-electron chi connectivity index (χ4n) is 1.81. The molecule has 0 spiro atoms. The molecule has 0 atom stereocenters. The summed E-state index contributed by atoms with van der Waals surface area (Å²) in [5.74, 6) is -3.40. The zero-order chi connectivity index (χ0) is 18.6. The molecule has 0 aromatic heterocycles. The number of rotatable bonds is 4. The van der Waals surface area contributed by atoms with E-state index in [1.807, 2.05) is 0 Å². The fraction of sp³-hybridized carbons (Fsp3) is 0.0667. The van der Waals surface area contributed by atoms with Crippen molar-refractivity contribution in [2.45, 2.75) is 10.7 Å². The Morgan fingerprint density at radius 3 is 2.20 bits per heavy atom. The highest BCUT2D eigenvalue weighted by Gasteiger charge is 2.17. The van der Waals surface area contributed by atoms with Crippen molar-refractivity contribution in [2.24, 2.45) is 0 Å². The van der Waals surface area contributed by atoms with Crippen LogP contribution in [0, 0.1) is 0 Å². The minimum atomic E-state index is -2.61. The van der Waals surface area contributed by atoms with Gasteiger partial charge in [-0.05, 0) is 30.3 Å². The van der Waals surface area contributed by atoms with Gasteiger partial charge in [-0.3, -0.25) is 10.1 Å². The van der Waals surface area contributed by atoms with Crippen molar-refractivity contribution in [3.8, 4) is 0 Å². The summed E-state index contributed by atoms with van der Waals surface area (Å²) in [5, 5.41) is 4.66. The second kappa shape index (κ2) is 8.71. The summed E-state index contributed by atoms with van der Waals surface area (Å²) in [5.41, 5.74) is 0.182. The van der Waals surface area contributed by atoms with E-state index in [1.165, 1.54) is 30.3 Å². The number of thioether (sulfide) groups is 1. The van der Waals surface area contributed by atoms with E-state index in [0.29, 0.717) is 0 Å². The third-order valence-corrected chi connectivity index (χ3v) is 4.67. The highest BCUT2D eigenvalue weighted by Crippen LogP contribution is 2.33. The summed E-state index contributed by atoms with van der Waals surface area (Å²) in [6.45, 7) is 0. The van der Waals surface area contributed by atoms with Gasteiger partial charge in [-0.1, -0.05) is 52.6 Å². The molecule has 3 amide bonds. The summed E-state index contributed by atoms with van der Waals surface area (Å²) in [7, 11) is 0. The molecule has 0 aliphatic rings. The Bertz CT molecular complexity index is 801. The van der Waals surface area contributed by atoms with Crippen LogP contribution in [-0.2, 0) is 0 Å². The summed E-state index contributed by atoms with van der Waals surface area (Å²) in [6, 6.07) is 7.62. The molecule has 0 aliphatic heterocycles. The van der Waals surface area contributed by atoms with Crippen LogP contribution >= 0.6 is 46.6 Å². The third kappa shape index (κ3) is 5.47. The van der Waals surface area contributed by atoms with Gasteiger partial charge in [-0.15, -0.1) is 0 Å². The van der Waals surface area contributed by atoms with Crippen molar-refractivity contribution in [3.63, 3.8) is 0 Å². The first-order chi connectivity index (χ1) is 11.8. The molecular weight excluding hydrogens is 417 g/mol. The van der Waals surface area contributed by atoms with Crippen LogP contribution < -0.4 is 10.6 Å². The monoisotopic (exact) mass is 424 g/mol. The standard InChI is InChI=1S/C15H9Cl3F2N2O2S/c16-8-2-1-3-9(17)12(8)13(23)22-15(24)21-7-4-5-11(10(18)6-7)25-14(19)20/h1-6,14H,(H2,21,22,23,24). The normalized spacial score (nSPS) is 10.6.